The van der Waals surface area contributed by atoms with Crippen LogP contribution in [0.1, 0.15) is 27.9 Å². The number of carbonyl (C=O) groups excluding carboxylic acids is 1. The minimum absolute atomic E-state index is 0.142. The minimum atomic E-state index is -0.546. The predicted molar refractivity (Wildman–Crippen MR) is 77.0 cm³/mol. The van der Waals surface area contributed by atoms with Gasteiger partial charge in [-0.15, -0.1) is 0 Å². The third-order valence-electron chi connectivity index (χ3n) is 3.61. The SMILES string of the molecule is O=Cc1ccc(Oc2ccc3c(c2)CCC3)c([N+](=O)[O-])c1. The summed E-state index contributed by atoms with van der Waals surface area (Å²) in [6.07, 6.45) is 3.79. The number of nitro groups is 1. The molecule has 0 spiro atoms. The van der Waals surface area contributed by atoms with Gasteiger partial charge in [0.05, 0.1) is 4.92 Å². The molecule has 1 aliphatic rings. The lowest BCUT2D eigenvalue weighted by molar-refractivity contribution is -0.385. The van der Waals surface area contributed by atoms with Crippen LogP contribution in [-0.4, -0.2) is 11.2 Å². The van der Waals surface area contributed by atoms with E-state index in [1.165, 1.54) is 29.3 Å². The van der Waals surface area contributed by atoms with Crippen LogP contribution in [0.25, 0.3) is 0 Å². The smallest absolute Gasteiger partial charge is 0.312 e. The van der Waals surface area contributed by atoms with E-state index < -0.39 is 4.92 Å². The molecule has 0 bridgehead atoms. The fourth-order valence-electron chi connectivity index (χ4n) is 2.58. The zero-order chi connectivity index (χ0) is 14.8. The molecule has 0 amide bonds. The van der Waals surface area contributed by atoms with Crippen LogP contribution in [-0.2, 0) is 12.8 Å². The highest BCUT2D eigenvalue weighted by atomic mass is 16.6. The van der Waals surface area contributed by atoms with Crippen molar-refractivity contribution < 1.29 is 14.5 Å². The molecule has 0 saturated carbocycles. The van der Waals surface area contributed by atoms with Gasteiger partial charge in [-0.1, -0.05) is 6.07 Å². The first kappa shape index (κ1) is 13.3. The number of hydrogen-bond acceptors (Lipinski definition) is 4. The summed E-state index contributed by atoms with van der Waals surface area (Å²) in [5.41, 5.74) is 2.59. The number of hydrogen-bond donors (Lipinski definition) is 0. The summed E-state index contributed by atoms with van der Waals surface area (Å²) < 4.78 is 5.64. The lowest BCUT2D eigenvalue weighted by Crippen LogP contribution is -1.95. The summed E-state index contributed by atoms with van der Waals surface area (Å²) in [5.74, 6) is 0.723. The van der Waals surface area contributed by atoms with Crippen LogP contribution in [0.3, 0.4) is 0 Å². The highest BCUT2D eigenvalue weighted by Crippen LogP contribution is 2.34. The van der Waals surface area contributed by atoms with E-state index in [0.717, 1.165) is 19.3 Å². The highest BCUT2D eigenvalue weighted by molar-refractivity contribution is 5.77. The molecule has 5 nitrogen and oxygen atoms in total. The van der Waals surface area contributed by atoms with Crippen molar-refractivity contribution in [2.45, 2.75) is 19.3 Å². The Bertz CT molecular complexity index is 724. The number of nitrogens with zero attached hydrogens (tertiary/aromatic N) is 1. The van der Waals surface area contributed by atoms with E-state index in [-0.39, 0.29) is 17.0 Å². The van der Waals surface area contributed by atoms with Crippen LogP contribution in [0.2, 0.25) is 0 Å². The number of ether oxygens (including phenoxy) is 1. The zero-order valence-electron chi connectivity index (χ0n) is 11.2. The molecule has 5 heteroatoms. The van der Waals surface area contributed by atoms with E-state index >= 15 is 0 Å². The van der Waals surface area contributed by atoms with Gasteiger partial charge in [-0.3, -0.25) is 14.9 Å². The van der Waals surface area contributed by atoms with Gasteiger partial charge in [-0.05, 0) is 54.7 Å². The topological polar surface area (TPSA) is 69.4 Å². The second-order valence-corrected chi connectivity index (χ2v) is 4.99. The maximum atomic E-state index is 11.1. The first-order chi connectivity index (χ1) is 10.2. The van der Waals surface area contributed by atoms with Gasteiger partial charge in [-0.2, -0.15) is 0 Å². The molecule has 0 radical (unpaired) electrons. The normalized spacial score (nSPS) is 12.8. The molecular weight excluding hydrogens is 270 g/mol. The number of fused-ring (bicyclic) bond motifs is 1. The van der Waals surface area contributed by atoms with E-state index in [2.05, 4.69) is 0 Å². The van der Waals surface area contributed by atoms with Crippen molar-refractivity contribution in [1.29, 1.82) is 0 Å². The second kappa shape index (κ2) is 5.36. The molecular formula is C16H13NO4. The Morgan fingerprint density at radius 1 is 1.10 bits per heavy atom. The Hall–Kier alpha value is -2.69. The van der Waals surface area contributed by atoms with Gasteiger partial charge in [0.15, 0.2) is 0 Å². The summed E-state index contributed by atoms with van der Waals surface area (Å²) in [6.45, 7) is 0. The standard InChI is InChI=1S/C16H13NO4/c18-10-11-4-7-16(15(8-11)17(19)20)21-14-6-5-12-2-1-3-13(12)9-14/h4-10H,1-3H2. The molecule has 0 atom stereocenters. The number of aldehydes is 1. The van der Waals surface area contributed by atoms with Crippen molar-refractivity contribution in [3.05, 3.63) is 63.2 Å². The van der Waals surface area contributed by atoms with E-state index in [1.54, 1.807) is 0 Å². The molecule has 0 aliphatic heterocycles. The van der Waals surface area contributed by atoms with Crippen LogP contribution in [0, 0.1) is 10.1 Å². The minimum Gasteiger partial charge on any atom is -0.450 e. The average Bonchev–Trinajstić information content (AvgIpc) is 2.95. The average molecular weight is 283 g/mol. The maximum Gasteiger partial charge on any atom is 0.312 e. The van der Waals surface area contributed by atoms with Crippen molar-refractivity contribution >= 4 is 12.0 Å². The van der Waals surface area contributed by atoms with Gasteiger partial charge in [0.25, 0.3) is 0 Å². The molecule has 0 fully saturated rings. The Labute approximate surface area is 121 Å². The molecule has 0 saturated heterocycles. The van der Waals surface area contributed by atoms with E-state index in [1.807, 2.05) is 18.2 Å². The maximum absolute atomic E-state index is 11.1. The van der Waals surface area contributed by atoms with E-state index in [9.17, 15) is 14.9 Å². The summed E-state index contributed by atoms with van der Waals surface area (Å²) in [6, 6.07) is 9.93. The fraction of sp³-hybridized carbons (Fsp3) is 0.188. The molecule has 2 aromatic carbocycles. The molecule has 2 aromatic rings. The molecule has 21 heavy (non-hydrogen) atoms. The fourth-order valence-corrected chi connectivity index (χ4v) is 2.58. The molecule has 106 valence electrons. The van der Waals surface area contributed by atoms with Crippen LogP contribution >= 0.6 is 0 Å². The van der Waals surface area contributed by atoms with E-state index in [0.29, 0.717) is 12.0 Å². The first-order valence-electron chi connectivity index (χ1n) is 6.70. The molecule has 1 aliphatic carbocycles. The quantitative estimate of drug-likeness (QED) is 0.487. The van der Waals surface area contributed by atoms with Crippen LogP contribution < -0.4 is 4.74 Å². The van der Waals surface area contributed by atoms with Crippen molar-refractivity contribution in [1.82, 2.24) is 0 Å². The Morgan fingerprint density at radius 2 is 1.90 bits per heavy atom. The summed E-state index contributed by atoms with van der Waals surface area (Å²) in [7, 11) is 0. The monoisotopic (exact) mass is 283 g/mol. The number of aryl methyl sites for hydroxylation is 2. The van der Waals surface area contributed by atoms with Crippen molar-refractivity contribution in [2.24, 2.45) is 0 Å². The van der Waals surface area contributed by atoms with Gasteiger partial charge in [-0.25, -0.2) is 0 Å². The zero-order valence-corrected chi connectivity index (χ0v) is 11.2. The molecule has 0 unspecified atom stereocenters. The number of nitro benzene ring substituents is 1. The van der Waals surface area contributed by atoms with Crippen molar-refractivity contribution in [3.8, 4) is 11.5 Å². The summed E-state index contributed by atoms with van der Waals surface area (Å²) in [5, 5.41) is 11.1. The summed E-state index contributed by atoms with van der Waals surface area (Å²) in [4.78, 5) is 21.2. The highest BCUT2D eigenvalue weighted by Gasteiger charge is 2.18. The van der Waals surface area contributed by atoms with Gasteiger partial charge in [0.1, 0.15) is 12.0 Å². The van der Waals surface area contributed by atoms with Crippen LogP contribution in [0.4, 0.5) is 5.69 Å². The molecule has 0 N–H and O–H groups in total. The van der Waals surface area contributed by atoms with Crippen molar-refractivity contribution in [2.75, 3.05) is 0 Å². The molecule has 3 rings (SSSR count). The van der Waals surface area contributed by atoms with Crippen LogP contribution in [0.15, 0.2) is 36.4 Å². The summed E-state index contributed by atoms with van der Waals surface area (Å²) >= 11 is 0. The van der Waals surface area contributed by atoms with Crippen LogP contribution in [0.5, 0.6) is 11.5 Å². The Kier molecular flexibility index (Phi) is 3.39. The number of rotatable bonds is 4. The Morgan fingerprint density at radius 3 is 2.67 bits per heavy atom. The lowest BCUT2D eigenvalue weighted by Gasteiger charge is -2.08. The van der Waals surface area contributed by atoms with Gasteiger partial charge >= 0.3 is 5.69 Å². The predicted octanol–water partition coefficient (Wildman–Crippen LogP) is 3.69. The largest absolute Gasteiger partial charge is 0.450 e. The molecule has 0 aromatic heterocycles. The number of carbonyl (C=O) groups is 1. The second-order valence-electron chi connectivity index (χ2n) is 4.99. The van der Waals surface area contributed by atoms with Crippen molar-refractivity contribution in [3.63, 3.8) is 0 Å². The van der Waals surface area contributed by atoms with Gasteiger partial charge in [0.2, 0.25) is 5.75 Å². The molecule has 0 heterocycles. The third kappa shape index (κ3) is 2.63. The van der Waals surface area contributed by atoms with Gasteiger partial charge in [0, 0.05) is 11.6 Å². The lowest BCUT2D eigenvalue weighted by atomic mass is 10.1. The number of benzene rings is 2. The first-order valence-corrected chi connectivity index (χ1v) is 6.70. The van der Waals surface area contributed by atoms with E-state index in [4.69, 9.17) is 4.74 Å². The third-order valence-corrected chi connectivity index (χ3v) is 3.61. The van der Waals surface area contributed by atoms with Gasteiger partial charge < -0.3 is 4.74 Å². The Balaban J connectivity index is 1.94.